The molecule has 0 radical (unpaired) electrons. The van der Waals surface area contributed by atoms with E-state index >= 15 is 0 Å². The first-order valence-electron chi connectivity index (χ1n) is 6.36. The molecule has 106 valence electrons. The molecule has 0 fully saturated rings. The van der Waals surface area contributed by atoms with E-state index in [-0.39, 0.29) is 5.41 Å². The number of rotatable bonds is 1. The number of aromatic nitrogens is 2. The molecule has 0 atom stereocenters. The third-order valence-corrected chi connectivity index (χ3v) is 2.91. The van der Waals surface area contributed by atoms with Gasteiger partial charge in [0.1, 0.15) is 5.60 Å². The number of ether oxygens (including phenoxy) is 1. The lowest BCUT2D eigenvalue weighted by Gasteiger charge is -2.35. The van der Waals surface area contributed by atoms with Crippen LogP contribution in [0.1, 0.15) is 45.9 Å². The highest BCUT2D eigenvalue weighted by Crippen LogP contribution is 2.31. The molecule has 0 amide bonds. The molecule has 0 unspecified atom stereocenters. The van der Waals surface area contributed by atoms with Gasteiger partial charge in [-0.25, -0.2) is 4.79 Å². The number of H-pyrrole nitrogens is 1. The van der Waals surface area contributed by atoms with Crippen LogP contribution in [0.25, 0.3) is 0 Å². The average Bonchev–Trinajstić information content (AvgIpc) is 2.61. The Morgan fingerprint density at radius 1 is 1.47 bits per heavy atom. The molecule has 2 heterocycles. The Labute approximate surface area is 113 Å². The second-order valence-corrected chi connectivity index (χ2v) is 6.51. The van der Waals surface area contributed by atoms with Gasteiger partial charge in [-0.3, -0.25) is 5.10 Å². The van der Waals surface area contributed by atoms with Crippen LogP contribution in [-0.2, 0) is 21.5 Å². The lowest BCUT2D eigenvalue weighted by atomic mass is 9.84. The number of carbonyl (C=O) groups is 1. The van der Waals surface area contributed by atoms with E-state index in [0.29, 0.717) is 13.1 Å². The van der Waals surface area contributed by atoms with Gasteiger partial charge in [-0.05, 0) is 20.8 Å². The Morgan fingerprint density at radius 3 is 2.79 bits per heavy atom. The third-order valence-electron chi connectivity index (χ3n) is 2.91. The van der Waals surface area contributed by atoms with Gasteiger partial charge in [0.15, 0.2) is 0 Å². The molecule has 1 aromatic heterocycles. The van der Waals surface area contributed by atoms with Crippen molar-refractivity contribution in [1.29, 1.82) is 0 Å². The molecule has 2 rings (SSSR count). The minimum Gasteiger partial charge on any atom is -0.427 e. The van der Waals surface area contributed by atoms with E-state index in [9.17, 15) is 4.79 Å². The molecule has 1 aromatic rings. The van der Waals surface area contributed by atoms with Crippen LogP contribution in [0, 0.1) is 0 Å². The SMILES string of the molecule is CC(C)(C)OC(=O)ON1Cc2cn[nH]c2C(C)(C)C1. The van der Waals surface area contributed by atoms with E-state index in [0.717, 1.165) is 11.3 Å². The van der Waals surface area contributed by atoms with Crippen LogP contribution in [0.5, 0.6) is 0 Å². The zero-order valence-electron chi connectivity index (χ0n) is 12.1. The smallest absolute Gasteiger partial charge is 0.427 e. The van der Waals surface area contributed by atoms with Crippen LogP contribution in [-0.4, -0.2) is 33.6 Å². The van der Waals surface area contributed by atoms with Crippen LogP contribution in [0.4, 0.5) is 4.79 Å². The summed E-state index contributed by atoms with van der Waals surface area (Å²) in [7, 11) is 0. The lowest BCUT2D eigenvalue weighted by Crippen LogP contribution is -2.43. The fourth-order valence-electron chi connectivity index (χ4n) is 2.22. The summed E-state index contributed by atoms with van der Waals surface area (Å²) in [5.41, 5.74) is 1.44. The van der Waals surface area contributed by atoms with E-state index in [1.54, 1.807) is 11.3 Å². The molecule has 0 saturated heterocycles. The van der Waals surface area contributed by atoms with E-state index < -0.39 is 11.8 Å². The van der Waals surface area contributed by atoms with Crippen LogP contribution < -0.4 is 0 Å². The van der Waals surface area contributed by atoms with Crippen molar-refractivity contribution in [3.63, 3.8) is 0 Å². The topological polar surface area (TPSA) is 67.5 Å². The maximum atomic E-state index is 11.7. The largest absolute Gasteiger partial charge is 0.528 e. The monoisotopic (exact) mass is 267 g/mol. The summed E-state index contributed by atoms with van der Waals surface area (Å²) < 4.78 is 5.15. The van der Waals surface area contributed by atoms with Crippen molar-refractivity contribution in [2.75, 3.05) is 6.54 Å². The zero-order valence-corrected chi connectivity index (χ0v) is 12.1. The number of hydrogen-bond acceptors (Lipinski definition) is 5. The van der Waals surface area contributed by atoms with Crippen molar-refractivity contribution in [2.24, 2.45) is 0 Å². The minimum atomic E-state index is -0.671. The molecule has 0 aromatic carbocycles. The first kappa shape index (κ1) is 13.9. The normalized spacial score (nSPS) is 18.8. The summed E-state index contributed by atoms with van der Waals surface area (Å²) in [6.07, 6.45) is 1.09. The van der Waals surface area contributed by atoms with Crippen molar-refractivity contribution >= 4 is 6.16 Å². The summed E-state index contributed by atoms with van der Waals surface area (Å²) in [5.74, 6) is 0. The van der Waals surface area contributed by atoms with Crippen molar-refractivity contribution in [3.05, 3.63) is 17.5 Å². The van der Waals surface area contributed by atoms with E-state index in [1.165, 1.54) is 0 Å². The summed E-state index contributed by atoms with van der Waals surface area (Å²) in [6, 6.07) is 0. The first-order chi connectivity index (χ1) is 8.67. The molecule has 0 bridgehead atoms. The number of nitrogens with zero attached hydrogens (tertiary/aromatic N) is 2. The van der Waals surface area contributed by atoms with Gasteiger partial charge < -0.3 is 9.57 Å². The lowest BCUT2D eigenvalue weighted by molar-refractivity contribution is -0.160. The quantitative estimate of drug-likeness (QED) is 0.791. The molecule has 0 aliphatic carbocycles. The molecule has 19 heavy (non-hydrogen) atoms. The Hall–Kier alpha value is -1.56. The Kier molecular flexibility index (Phi) is 3.30. The van der Waals surface area contributed by atoms with Crippen molar-refractivity contribution < 1.29 is 14.4 Å². The zero-order chi connectivity index (χ0) is 14.3. The fraction of sp³-hybridized carbons (Fsp3) is 0.692. The number of carbonyl (C=O) groups excluding carboxylic acids is 1. The second kappa shape index (κ2) is 4.52. The highest BCUT2D eigenvalue weighted by atomic mass is 16.8. The molecule has 6 nitrogen and oxygen atoms in total. The Bertz CT molecular complexity index is 474. The molecular weight excluding hydrogens is 246 g/mol. The number of hydrogen-bond donors (Lipinski definition) is 1. The fourth-order valence-corrected chi connectivity index (χ4v) is 2.22. The Balaban J connectivity index is 2.03. The van der Waals surface area contributed by atoms with Crippen LogP contribution in [0.15, 0.2) is 6.20 Å². The number of fused-ring (bicyclic) bond motifs is 1. The van der Waals surface area contributed by atoms with Crippen LogP contribution in [0.3, 0.4) is 0 Å². The summed E-state index contributed by atoms with van der Waals surface area (Å²) in [4.78, 5) is 16.9. The second-order valence-electron chi connectivity index (χ2n) is 6.51. The highest BCUT2D eigenvalue weighted by Gasteiger charge is 2.35. The molecule has 0 spiro atoms. The van der Waals surface area contributed by atoms with Gasteiger partial charge in [0.2, 0.25) is 0 Å². The predicted octanol–water partition coefficient (Wildman–Crippen LogP) is 2.37. The number of aromatic amines is 1. The van der Waals surface area contributed by atoms with E-state index in [4.69, 9.17) is 9.57 Å². The van der Waals surface area contributed by atoms with Crippen LogP contribution >= 0.6 is 0 Å². The van der Waals surface area contributed by atoms with Crippen molar-refractivity contribution in [1.82, 2.24) is 15.3 Å². The maximum absolute atomic E-state index is 11.7. The molecule has 0 saturated carbocycles. The molecule has 1 aliphatic rings. The summed E-state index contributed by atoms with van der Waals surface area (Å²) in [6.45, 7) is 10.7. The van der Waals surface area contributed by atoms with Gasteiger partial charge in [0.05, 0.1) is 12.7 Å². The predicted molar refractivity (Wildman–Crippen MR) is 69.3 cm³/mol. The molecule has 1 aliphatic heterocycles. The van der Waals surface area contributed by atoms with Gasteiger partial charge in [-0.15, -0.1) is 5.06 Å². The number of hydroxylamine groups is 2. The first-order valence-corrected chi connectivity index (χ1v) is 6.36. The summed E-state index contributed by atoms with van der Waals surface area (Å²) in [5, 5.41) is 8.68. The third kappa shape index (κ3) is 3.26. The number of nitrogens with one attached hydrogen (secondary N) is 1. The minimum absolute atomic E-state index is 0.147. The summed E-state index contributed by atoms with van der Waals surface area (Å²) >= 11 is 0. The standard InChI is InChI=1S/C13H21N3O3/c1-12(2,3)18-11(17)19-16-7-9-6-14-15-10(9)13(4,5)8-16/h6H,7-8H2,1-5H3,(H,14,15). The van der Waals surface area contributed by atoms with Gasteiger partial charge in [0, 0.05) is 23.2 Å². The van der Waals surface area contributed by atoms with E-state index in [2.05, 4.69) is 24.0 Å². The van der Waals surface area contributed by atoms with Gasteiger partial charge >= 0.3 is 6.16 Å². The average molecular weight is 267 g/mol. The molecule has 1 N–H and O–H groups in total. The Morgan fingerprint density at radius 2 is 2.16 bits per heavy atom. The van der Waals surface area contributed by atoms with Crippen molar-refractivity contribution in [2.45, 2.75) is 52.2 Å². The van der Waals surface area contributed by atoms with Crippen molar-refractivity contribution in [3.8, 4) is 0 Å². The molecule has 6 heteroatoms. The maximum Gasteiger partial charge on any atom is 0.528 e. The highest BCUT2D eigenvalue weighted by molar-refractivity contribution is 5.60. The van der Waals surface area contributed by atoms with Crippen LogP contribution in [0.2, 0.25) is 0 Å². The van der Waals surface area contributed by atoms with Gasteiger partial charge in [-0.2, -0.15) is 5.10 Å². The van der Waals surface area contributed by atoms with E-state index in [1.807, 2.05) is 20.8 Å². The van der Waals surface area contributed by atoms with Gasteiger partial charge in [-0.1, -0.05) is 13.8 Å². The van der Waals surface area contributed by atoms with Gasteiger partial charge in [0.25, 0.3) is 0 Å². The molecular formula is C13H21N3O3.